The van der Waals surface area contributed by atoms with Gasteiger partial charge in [0.15, 0.2) is 0 Å². The van der Waals surface area contributed by atoms with Gasteiger partial charge in [0.1, 0.15) is 0 Å². The molecule has 4 nitrogen and oxygen atoms in total. The Kier molecular flexibility index (Phi) is 12.6. The van der Waals surface area contributed by atoms with E-state index in [1.807, 2.05) is 0 Å². The predicted octanol–water partition coefficient (Wildman–Crippen LogP) is 2.89. The molecule has 0 aliphatic heterocycles. The van der Waals surface area contributed by atoms with Crippen LogP contribution in [0.25, 0.3) is 0 Å². The van der Waals surface area contributed by atoms with Gasteiger partial charge in [0, 0.05) is 11.8 Å². The number of ether oxygens (including phenoxy) is 2. The quantitative estimate of drug-likeness (QED) is 0.334. The van der Waals surface area contributed by atoms with Crippen LogP contribution in [0.15, 0.2) is 0 Å². The molecule has 0 N–H and O–H groups in total. The van der Waals surface area contributed by atoms with E-state index in [2.05, 4.69) is 0 Å². The van der Waals surface area contributed by atoms with Crippen molar-refractivity contribution in [3.05, 3.63) is 0 Å². The molecule has 0 rings (SSSR count). The molecule has 106 valence electrons. The first kappa shape index (κ1) is 17.5. The van der Waals surface area contributed by atoms with Crippen molar-refractivity contribution in [3.63, 3.8) is 0 Å². The number of esters is 2. The third kappa shape index (κ3) is 12.0. The summed E-state index contributed by atoms with van der Waals surface area (Å²) in [5, 5.41) is 0. The Labute approximate surface area is 118 Å². The summed E-state index contributed by atoms with van der Waals surface area (Å²) in [5.74, 6) is 0.0962. The molecular weight excluding hydrogens is 279 g/mol. The highest BCUT2D eigenvalue weighted by Crippen LogP contribution is 2.02. The van der Waals surface area contributed by atoms with Crippen LogP contribution >= 0.6 is 23.2 Å². The molecule has 0 aromatic heterocycles. The van der Waals surface area contributed by atoms with Gasteiger partial charge >= 0.3 is 11.9 Å². The van der Waals surface area contributed by atoms with Crippen LogP contribution in [0, 0.1) is 0 Å². The van der Waals surface area contributed by atoms with E-state index in [9.17, 15) is 9.59 Å². The van der Waals surface area contributed by atoms with Gasteiger partial charge in [0.25, 0.3) is 0 Å². The van der Waals surface area contributed by atoms with E-state index in [-0.39, 0.29) is 24.8 Å². The van der Waals surface area contributed by atoms with Gasteiger partial charge in [0.05, 0.1) is 26.1 Å². The van der Waals surface area contributed by atoms with Crippen LogP contribution in [0.5, 0.6) is 0 Å². The number of alkyl halides is 2. The van der Waals surface area contributed by atoms with E-state index in [0.29, 0.717) is 25.0 Å². The van der Waals surface area contributed by atoms with Gasteiger partial charge in [-0.2, -0.15) is 0 Å². The smallest absolute Gasteiger partial charge is 0.306 e. The molecule has 0 atom stereocenters. The lowest BCUT2D eigenvalue weighted by atomic mass is 10.2. The Balaban J connectivity index is 3.16. The number of hydrogen-bond donors (Lipinski definition) is 0. The molecule has 0 fully saturated rings. The minimum absolute atomic E-state index is 0.250. The second kappa shape index (κ2) is 13.0. The van der Waals surface area contributed by atoms with Crippen LogP contribution < -0.4 is 0 Å². The highest BCUT2D eigenvalue weighted by Gasteiger charge is 2.02. The van der Waals surface area contributed by atoms with Crippen molar-refractivity contribution in [3.8, 4) is 0 Å². The summed E-state index contributed by atoms with van der Waals surface area (Å²) >= 11 is 10.8. The van der Waals surface area contributed by atoms with Gasteiger partial charge in [-0.05, 0) is 25.7 Å². The van der Waals surface area contributed by atoms with Gasteiger partial charge in [-0.3, -0.25) is 9.59 Å². The molecule has 0 aliphatic rings. The summed E-state index contributed by atoms with van der Waals surface area (Å²) in [5.41, 5.74) is 0. The molecule has 6 heteroatoms. The highest BCUT2D eigenvalue weighted by atomic mass is 35.5. The second-order valence-corrected chi connectivity index (χ2v) is 4.49. The first-order valence-corrected chi connectivity index (χ1v) is 7.20. The van der Waals surface area contributed by atoms with Crippen molar-refractivity contribution in [1.29, 1.82) is 0 Å². The lowest BCUT2D eigenvalue weighted by Crippen LogP contribution is -2.07. The summed E-state index contributed by atoms with van der Waals surface area (Å²) in [7, 11) is 0. The molecule has 0 aromatic carbocycles. The number of hydrogen-bond acceptors (Lipinski definition) is 4. The third-order valence-electron chi connectivity index (χ3n) is 2.16. The van der Waals surface area contributed by atoms with E-state index < -0.39 is 0 Å². The van der Waals surface area contributed by atoms with Gasteiger partial charge < -0.3 is 9.47 Å². The maximum atomic E-state index is 10.9. The molecule has 0 spiro atoms. The highest BCUT2D eigenvalue weighted by molar-refractivity contribution is 6.19. The molecule has 0 aromatic rings. The molecule has 18 heavy (non-hydrogen) atoms. The summed E-state index contributed by atoms with van der Waals surface area (Å²) < 4.78 is 9.87. The zero-order valence-electron chi connectivity index (χ0n) is 10.5. The SMILES string of the molecule is O=C(CCCl)OCCCCCCOC(=O)CCCl. The van der Waals surface area contributed by atoms with Crippen molar-refractivity contribution in [2.24, 2.45) is 0 Å². The topological polar surface area (TPSA) is 52.6 Å². The fourth-order valence-corrected chi connectivity index (χ4v) is 1.54. The van der Waals surface area contributed by atoms with Crippen molar-refractivity contribution < 1.29 is 19.1 Å². The normalized spacial score (nSPS) is 10.1. The van der Waals surface area contributed by atoms with Crippen molar-refractivity contribution in [1.82, 2.24) is 0 Å². The number of halogens is 2. The summed E-state index contributed by atoms with van der Waals surface area (Å²) in [4.78, 5) is 21.9. The van der Waals surface area contributed by atoms with Crippen LogP contribution in [-0.4, -0.2) is 36.9 Å². The monoisotopic (exact) mass is 298 g/mol. The van der Waals surface area contributed by atoms with Crippen LogP contribution in [0.3, 0.4) is 0 Å². The molecular formula is C12H20Cl2O4. The first-order valence-electron chi connectivity index (χ1n) is 6.14. The van der Waals surface area contributed by atoms with Crippen LogP contribution in [0.4, 0.5) is 0 Å². The van der Waals surface area contributed by atoms with Gasteiger partial charge in [-0.25, -0.2) is 0 Å². The number of unbranched alkanes of at least 4 members (excludes halogenated alkanes) is 3. The van der Waals surface area contributed by atoms with Gasteiger partial charge in [0.2, 0.25) is 0 Å². The second-order valence-electron chi connectivity index (χ2n) is 3.73. The summed E-state index contributed by atoms with van der Waals surface area (Å²) in [6, 6.07) is 0. The van der Waals surface area contributed by atoms with Crippen LogP contribution in [-0.2, 0) is 19.1 Å². The van der Waals surface area contributed by atoms with E-state index in [1.54, 1.807) is 0 Å². The van der Waals surface area contributed by atoms with Crippen molar-refractivity contribution >= 4 is 35.1 Å². The minimum Gasteiger partial charge on any atom is -0.466 e. The molecule has 0 unspecified atom stereocenters. The van der Waals surface area contributed by atoms with E-state index in [0.717, 1.165) is 25.7 Å². The first-order chi connectivity index (χ1) is 8.70. The van der Waals surface area contributed by atoms with E-state index in [1.165, 1.54) is 0 Å². The van der Waals surface area contributed by atoms with E-state index in [4.69, 9.17) is 32.7 Å². The Morgan fingerprint density at radius 1 is 0.722 bits per heavy atom. The minimum atomic E-state index is -0.250. The number of carbonyl (C=O) groups is 2. The predicted molar refractivity (Wildman–Crippen MR) is 71.1 cm³/mol. The summed E-state index contributed by atoms with van der Waals surface area (Å²) in [6.45, 7) is 0.865. The average molecular weight is 299 g/mol. The van der Waals surface area contributed by atoms with Gasteiger partial charge in [-0.1, -0.05) is 0 Å². The fraction of sp³-hybridized carbons (Fsp3) is 0.833. The molecule has 0 saturated heterocycles. The molecule has 0 aliphatic carbocycles. The van der Waals surface area contributed by atoms with Crippen molar-refractivity contribution in [2.75, 3.05) is 25.0 Å². The molecule has 0 heterocycles. The number of carbonyl (C=O) groups excluding carboxylic acids is 2. The Morgan fingerprint density at radius 3 is 1.44 bits per heavy atom. The zero-order chi connectivity index (χ0) is 13.6. The molecule has 0 amide bonds. The Bertz CT molecular complexity index is 210. The Hall–Kier alpha value is -0.480. The van der Waals surface area contributed by atoms with Crippen LogP contribution in [0.1, 0.15) is 38.5 Å². The third-order valence-corrected chi connectivity index (χ3v) is 2.54. The zero-order valence-corrected chi connectivity index (χ0v) is 12.0. The molecule has 0 radical (unpaired) electrons. The largest absolute Gasteiger partial charge is 0.466 e. The van der Waals surface area contributed by atoms with E-state index >= 15 is 0 Å². The fourth-order valence-electron chi connectivity index (χ4n) is 1.23. The Morgan fingerprint density at radius 2 is 1.11 bits per heavy atom. The van der Waals surface area contributed by atoms with Gasteiger partial charge in [-0.15, -0.1) is 23.2 Å². The maximum absolute atomic E-state index is 10.9. The van der Waals surface area contributed by atoms with Crippen molar-refractivity contribution in [2.45, 2.75) is 38.5 Å². The lowest BCUT2D eigenvalue weighted by Gasteiger charge is -2.05. The molecule has 0 bridgehead atoms. The van der Waals surface area contributed by atoms with Crippen LogP contribution in [0.2, 0.25) is 0 Å². The maximum Gasteiger partial charge on any atom is 0.306 e. The standard InChI is InChI=1S/C12H20Cl2O4/c13-7-5-11(15)17-9-3-1-2-4-10-18-12(16)6-8-14/h1-10H2. The lowest BCUT2D eigenvalue weighted by molar-refractivity contribution is -0.144. The average Bonchev–Trinajstić information content (AvgIpc) is 2.33. The number of rotatable bonds is 11. The molecule has 0 saturated carbocycles. The summed E-state index contributed by atoms with van der Waals surface area (Å²) in [6.07, 6.45) is 4.06.